The molecule has 0 unspecified atom stereocenters. The first-order valence-electron chi connectivity index (χ1n) is 10.3. The van der Waals surface area contributed by atoms with Crippen molar-refractivity contribution in [3.63, 3.8) is 0 Å². The van der Waals surface area contributed by atoms with Crippen LogP contribution in [0.1, 0.15) is 19.3 Å². The lowest BCUT2D eigenvalue weighted by Crippen LogP contribution is -2.29. The van der Waals surface area contributed by atoms with E-state index in [2.05, 4.69) is 42.6 Å². The monoisotopic (exact) mass is 401 g/mol. The zero-order chi connectivity index (χ0) is 20.8. The minimum Gasteiger partial charge on any atom is -0.388 e. The van der Waals surface area contributed by atoms with E-state index in [-0.39, 0.29) is 5.96 Å². The molecule has 0 aliphatic carbocycles. The fourth-order valence-corrected chi connectivity index (χ4v) is 3.61. The Balaban J connectivity index is 1.49. The summed E-state index contributed by atoms with van der Waals surface area (Å²) in [6.45, 7) is 2.25. The van der Waals surface area contributed by atoms with E-state index in [9.17, 15) is 0 Å². The minimum absolute atomic E-state index is 0.273. The zero-order valence-corrected chi connectivity index (χ0v) is 17.2. The van der Waals surface area contributed by atoms with E-state index in [0.29, 0.717) is 11.5 Å². The van der Waals surface area contributed by atoms with Gasteiger partial charge in [-0.25, -0.2) is 4.98 Å². The number of hydrogen-bond acceptors (Lipinski definition) is 5. The minimum atomic E-state index is 0.273. The molecule has 1 aliphatic heterocycles. The number of nitrogens with zero attached hydrogens (tertiary/aromatic N) is 4. The standard InChI is InChI=1S/C23H27N7/c1-25-18-7-5-17(6-8-18)21-22(27-14-13-26-21)29-23(24)28-19-9-11-20(12-10-19)30-15-3-2-4-16-30/h5-14,25H,2-4,15-16H2,1H3,(H3,24,27,28,29). The lowest BCUT2D eigenvalue weighted by Gasteiger charge is -2.28. The lowest BCUT2D eigenvalue weighted by molar-refractivity contribution is 0.578. The van der Waals surface area contributed by atoms with Crippen molar-refractivity contribution in [1.82, 2.24) is 9.97 Å². The molecule has 0 saturated carbocycles. The smallest absolute Gasteiger partial charge is 0.199 e. The SMILES string of the molecule is CNc1ccc(-c2nccnc2N=C(N)Nc2ccc(N3CCCCC3)cc2)cc1. The second-order valence-corrected chi connectivity index (χ2v) is 7.27. The number of anilines is 3. The highest BCUT2D eigenvalue weighted by molar-refractivity contribution is 5.94. The largest absolute Gasteiger partial charge is 0.388 e. The molecule has 0 atom stereocenters. The molecular weight excluding hydrogens is 374 g/mol. The molecule has 0 amide bonds. The van der Waals surface area contributed by atoms with E-state index >= 15 is 0 Å². The van der Waals surface area contributed by atoms with Crippen LogP contribution >= 0.6 is 0 Å². The fraction of sp³-hybridized carbons (Fsp3) is 0.261. The summed E-state index contributed by atoms with van der Waals surface area (Å²) < 4.78 is 0. The van der Waals surface area contributed by atoms with Gasteiger partial charge in [0.2, 0.25) is 0 Å². The van der Waals surface area contributed by atoms with Crippen LogP contribution in [-0.2, 0) is 0 Å². The highest BCUT2D eigenvalue weighted by Crippen LogP contribution is 2.27. The number of rotatable bonds is 5. The van der Waals surface area contributed by atoms with E-state index < -0.39 is 0 Å². The number of nitrogens with two attached hydrogens (primary N) is 1. The maximum absolute atomic E-state index is 6.16. The van der Waals surface area contributed by atoms with Crippen LogP contribution < -0.4 is 21.3 Å². The molecule has 1 fully saturated rings. The first-order valence-corrected chi connectivity index (χ1v) is 10.3. The summed E-state index contributed by atoms with van der Waals surface area (Å²) in [5.41, 5.74) is 10.9. The molecular formula is C23H27N7. The summed E-state index contributed by atoms with van der Waals surface area (Å²) in [4.78, 5) is 15.7. The van der Waals surface area contributed by atoms with Crippen molar-refractivity contribution in [2.75, 3.05) is 35.7 Å². The van der Waals surface area contributed by atoms with Crippen LogP contribution in [0.2, 0.25) is 0 Å². The van der Waals surface area contributed by atoms with Gasteiger partial charge in [0.05, 0.1) is 0 Å². The van der Waals surface area contributed by atoms with E-state index in [1.165, 1.54) is 24.9 Å². The number of aromatic nitrogens is 2. The van der Waals surface area contributed by atoms with Crippen LogP contribution in [0.4, 0.5) is 22.9 Å². The summed E-state index contributed by atoms with van der Waals surface area (Å²) in [5.74, 6) is 0.749. The van der Waals surface area contributed by atoms with Gasteiger partial charge in [-0.2, -0.15) is 4.99 Å². The third kappa shape index (κ3) is 4.68. The van der Waals surface area contributed by atoms with Crippen molar-refractivity contribution in [2.24, 2.45) is 10.7 Å². The number of nitrogens with one attached hydrogen (secondary N) is 2. The van der Waals surface area contributed by atoms with Crippen LogP contribution in [0.15, 0.2) is 65.9 Å². The quantitative estimate of drug-likeness (QED) is 0.438. The van der Waals surface area contributed by atoms with Gasteiger partial charge in [0.1, 0.15) is 5.69 Å². The maximum Gasteiger partial charge on any atom is 0.199 e. The number of guanidine groups is 1. The number of hydrogen-bond donors (Lipinski definition) is 3. The Labute approximate surface area is 177 Å². The van der Waals surface area contributed by atoms with E-state index in [4.69, 9.17) is 5.73 Å². The highest BCUT2D eigenvalue weighted by Gasteiger charge is 2.11. The molecule has 154 valence electrons. The second-order valence-electron chi connectivity index (χ2n) is 7.27. The molecule has 0 bridgehead atoms. The topological polar surface area (TPSA) is 91.5 Å². The first kappa shape index (κ1) is 19.7. The summed E-state index contributed by atoms with van der Waals surface area (Å²) in [6, 6.07) is 16.2. The van der Waals surface area contributed by atoms with Gasteiger partial charge in [-0.1, -0.05) is 12.1 Å². The number of piperidine rings is 1. The van der Waals surface area contributed by atoms with Crippen LogP contribution in [0, 0.1) is 0 Å². The Morgan fingerprint density at radius 3 is 2.27 bits per heavy atom. The van der Waals surface area contributed by atoms with Crippen molar-refractivity contribution in [3.8, 4) is 11.3 Å². The third-order valence-corrected chi connectivity index (χ3v) is 5.21. The van der Waals surface area contributed by atoms with Gasteiger partial charge in [0.25, 0.3) is 0 Å². The average Bonchev–Trinajstić information content (AvgIpc) is 2.80. The molecule has 7 nitrogen and oxygen atoms in total. The van der Waals surface area contributed by atoms with Crippen molar-refractivity contribution >= 4 is 28.8 Å². The second kappa shape index (κ2) is 9.26. The molecule has 4 N–H and O–H groups in total. The summed E-state index contributed by atoms with van der Waals surface area (Å²) in [5, 5.41) is 6.26. The van der Waals surface area contributed by atoms with Gasteiger partial charge < -0.3 is 21.3 Å². The van der Waals surface area contributed by atoms with Crippen molar-refractivity contribution < 1.29 is 0 Å². The van der Waals surface area contributed by atoms with Crippen LogP contribution in [0.25, 0.3) is 11.3 Å². The van der Waals surface area contributed by atoms with Gasteiger partial charge in [-0.05, 0) is 55.7 Å². The van der Waals surface area contributed by atoms with Gasteiger partial charge in [-0.15, -0.1) is 0 Å². The summed E-state index contributed by atoms with van der Waals surface area (Å²) in [6.07, 6.45) is 7.12. The maximum atomic E-state index is 6.16. The van der Waals surface area contributed by atoms with Gasteiger partial charge in [-0.3, -0.25) is 4.98 Å². The molecule has 2 heterocycles. The molecule has 0 spiro atoms. The molecule has 7 heteroatoms. The van der Waals surface area contributed by atoms with Crippen LogP contribution in [0.3, 0.4) is 0 Å². The molecule has 1 saturated heterocycles. The van der Waals surface area contributed by atoms with Crippen molar-refractivity contribution in [2.45, 2.75) is 19.3 Å². The zero-order valence-electron chi connectivity index (χ0n) is 17.2. The van der Waals surface area contributed by atoms with Crippen LogP contribution in [0.5, 0.6) is 0 Å². The Kier molecular flexibility index (Phi) is 6.08. The molecule has 1 aliphatic rings. The molecule has 3 aromatic rings. The summed E-state index contributed by atoms with van der Waals surface area (Å²) in [7, 11) is 1.89. The molecule has 4 rings (SSSR count). The van der Waals surface area contributed by atoms with Crippen molar-refractivity contribution in [1.29, 1.82) is 0 Å². The van der Waals surface area contributed by atoms with Crippen LogP contribution in [-0.4, -0.2) is 36.1 Å². The Morgan fingerprint density at radius 2 is 1.57 bits per heavy atom. The molecule has 30 heavy (non-hydrogen) atoms. The Bertz CT molecular complexity index is 991. The van der Waals surface area contributed by atoms with Gasteiger partial charge >= 0.3 is 0 Å². The number of aliphatic imine (C=N–C) groups is 1. The highest BCUT2D eigenvalue weighted by atomic mass is 15.1. The average molecular weight is 402 g/mol. The summed E-state index contributed by atoms with van der Waals surface area (Å²) >= 11 is 0. The molecule has 2 aromatic carbocycles. The normalized spacial score (nSPS) is 14.4. The molecule has 0 radical (unpaired) electrons. The van der Waals surface area contributed by atoms with E-state index in [0.717, 1.165) is 30.0 Å². The van der Waals surface area contributed by atoms with Gasteiger partial charge in [0.15, 0.2) is 11.8 Å². The lowest BCUT2D eigenvalue weighted by atomic mass is 10.1. The van der Waals surface area contributed by atoms with E-state index in [1.54, 1.807) is 12.4 Å². The first-order chi connectivity index (χ1) is 14.7. The fourth-order valence-electron chi connectivity index (χ4n) is 3.61. The third-order valence-electron chi connectivity index (χ3n) is 5.21. The molecule has 1 aromatic heterocycles. The number of benzene rings is 2. The Morgan fingerprint density at radius 1 is 0.900 bits per heavy atom. The van der Waals surface area contributed by atoms with Gasteiger partial charge in [0, 0.05) is 55.2 Å². The predicted octanol–water partition coefficient (Wildman–Crippen LogP) is 4.23. The van der Waals surface area contributed by atoms with Crippen molar-refractivity contribution in [3.05, 3.63) is 60.9 Å². The van der Waals surface area contributed by atoms with E-state index in [1.807, 2.05) is 43.4 Å². The predicted molar refractivity (Wildman–Crippen MR) is 124 cm³/mol. The Hall–Kier alpha value is -3.61.